The summed E-state index contributed by atoms with van der Waals surface area (Å²) in [6.07, 6.45) is 0.920. The van der Waals surface area contributed by atoms with Gasteiger partial charge in [0.2, 0.25) is 0 Å². The molecule has 0 unspecified atom stereocenters. The van der Waals surface area contributed by atoms with Crippen LogP contribution in [-0.2, 0) is 16.0 Å². The first-order valence-electron chi connectivity index (χ1n) is 9.76. The Hall–Kier alpha value is -2.57. The predicted molar refractivity (Wildman–Crippen MR) is 129 cm³/mol. The highest BCUT2D eigenvalue weighted by Crippen LogP contribution is 2.39. The van der Waals surface area contributed by atoms with Crippen molar-refractivity contribution in [2.45, 2.75) is 19.8 Å². The van der Waals surface area contributed by atoms with E-state index in [2.05, 4.69) is 50.9 Å². The Morgan fingerprint density at radius 3 is 2.48 bits per heavy atom. The van der Waals surface area contributed by atoms with Crippen LogP contribution in [0.1, 0.15) is 17.5 Å². The minimum Gasteiger partial charge on any atom is -0.469 e. The molecule has 3 aromatic carbocycles. The lowest BCUT2D eigenvalue weighted by molar-refractivity contribution is -0.140. The van der Waals surface area contributed by atoms with Crippen molar-refractivity contribution < 1.29 is 18.7 Å². The van der Waals surface area contributed by atoms with E-state index in [0.717, 1.165) is 36.8 Å². The maximum atomic E-state index is 11.4. The maximum absolute atomic E-state index is 11.4. The van der Waals surface area contributed by atoms with Crippen LogP contribution in [0.4, 0.5) is 0 Å². The molecule has 0 aliphatic heterocycles. The third kappa shape index (κ3) is 5.02. The Bertz CT molecular complexity index is 1240. The lowest BCUT2D eigenvalue weighted by Gasteiger charge is -2.12. The van der Waals surface area contributed by atoms with Crippen molar-refractivity contribution in [1.82, 2.24) is 0 Å². The molecule has 4 nitrogen and oxygen atoms in total. The smallest absolute Gasteiger partial charge is 0.305 e. The van der Waals surface area contributed by atoms with E-state index < -0.39 is 0 Å². The Morgan fingerprint density at radius 1 is 1.00 bits per heavy atom. The van der Waals surface area contributed by atoms with Crippen molar-refractivity contribution in [2.75, 3.05) is 7.11 Å². The van der Waals surface area contributed by atoms with Crippen molar-refractivity contribution in [3.63, 3.8) is 0 Å². The molecule has 0 amide bonds. The summed E-state index contributed by atoms with van der Waals surface area (Å²) in [5.74, 6) is 1.97. The summed E-state index contributed by atoms with van der Waals surface area (Å²) in [5.41, 5.74) is 4.04. The minimum absolute atomic E-state index is 0.231. The van der Waals surface area contributed by atoms with E-state index in [1.165, 1.54) is 12.7 Å². The van der Waals surface area contributed by atoms with Crippen LogP contribution < -0.4 is 4.74 Å². The maximum Gasteiger partial charge on any atom is 0.305 e. The average Bonchev–Trinajstić information content (AvgIpc) is 3.18. The van der Waals surface area contributed by atoms with Crippen LogP contribution in [0.3, 0.4) is 0 Å². The number of carbonyl (C=O) groups excluding carboxylic acids is 1. The summed E-state index contributed by atoms with van der Waals surface area (Å²) in [6, 6.07) is 19.9. The molecule has 0 saturated heterocycles. The van der Waals surface area contributed by atoms with Gasteiger partial charge in [-0.25, -0.2) is 0 Å². The quantitative estimate of drug-likeness (QED) is 0.232. The van der Waals surface area contributed by atoms with Gasteiger partial charge in [0.25, 0.3) is 0 Å². The van der Waals surface area contributed by atoms with Gasteiger partial charge < -0.3 is 13.9 Å². The molecule has 0 N–H and O–H groups in total. The molecule has 31 heavy (non-hydrogen) atoms. The van der Waals surface area contributed by atoms with Gasteiger partial charge in [-0.2, -0.15) is 0 Å². The first-order valence-corrected chi connectivity index (χ1v) is 11.3. The molecule has 158 valence electrons. The zero-order chi connectivity index (χ0) is 22.0. The second kappa shape index (κ2) is 9.28. The highest BCUT2D eigenvalue weighted by Gasteiger charge is 2.13. The Balaban J connectivity index is 1.57. The van der Waals surface area contributed by atoms with Crippen LogP contribution in [0.2, 0.25) is 0 Å². The number of benzene rings is 3. The van der Waals surface area contributed by atoms with Gasteiger partial charge in [-0.3, -0.25) is 4.79 Å². The molecule has 1 aromatic heterocycles. The number of aryl methyl sites for hydroxylation is 2. The zero-order valence-electron chi connectivity index (χ0n) is 17.1. The molecule has 0 radical (unpaired) electrons. The van der Waals surface area contributed by atoms with Crippen LogP contribution in [0.25, 0.3) is 22.3 Å². The van der Waals surface area contributed by atoms with Gasteiger partial charge in [0, 0.05) is 17.4 Å². The van der Waals surface area contributed by atoms with E-state index in [4.69, 9.17) is 13.9 Å². The van der Waals surface area contributed by atoms with Crippen molar-refractivity contribution in [3.8, 4) is 22.8 Å². The number of hydrogen-bond donors (Lipinski definition) is 0. The number of ether oxygens (including phenoxy) is 2. The molecule has 4 aromatic rings. The minimum atomic E-state index is -0.231. The molecule has 0 saturated carbocycles. The largest absolute Gasteiger partial charge is 0.469 e. The average molecular weight is 544 g/mol. The summed E-state index contributed by atoms with van der Waals surface area (Å²) in [5, 5.41) is 0.968. The molecule has 0 aliphatic carbocycles. The number of halogens is 2. The summed E-state index contributed by atoms with van der Waals surface area (Å²) >= 11 is 7.16. The number of fused-ring (bicyclic) bond motifs is 1. The highest BCUT2D eigenvalue weighted by atomic mass is 79.9. The van der Waals surface area contributed by atoms with Crippen molar-refractivity contribution in [2.24, 2.45) is 0 Å². The van der Waals surface area contributed by atoms with E-state index >= 15 is 0 Å². The SMILES string of the molecule is COC(=O)CCc1cc(Br)c(Oc2ccc3oc(-c4cccc(C)c4)cc3c2)c(Br)c1. The Kier molecular flexibility index (Phi) is 6.49. The number of methoxy groups -OCH3 is 1. The van der Waals surface area contributed by atoms with E-state index in [0.29, 0.717) is 24.3 Å². The summed E-state index contributed by atoms with van der Waals surface area (Å²) in [6.45, 7) is 2.06. The molecule has 0 atom stereocenters. The number of hydrogen-bond acceptors (Lipinski definition) is 4. The summed E-state index contributed by atoms with van der Waals surface area (Å²) in [7, 11) is 1.39. The molecular weight excluding hydrogens is 524 g/mol. The van der Waals surface area contributed by atoms with Crippen LogP contribution in [-0.4, -0.2) is 13.1 Å². The van der Waals surface area contributed by atoms with Crippen molar-refractivity contribution in [3.05, 3.63) is 80.7 Å². The fraction of sp³-hybridized carbons (Fsp3) is 0.160. The molecule has 4 rings (SSSR count). The molecular formula is C25H20Br2O4. The first kappa shape index (κ1) is 21.7. The lowest BCUT2D eigenvalue weighted by atomic mass is 10.1. The third-order valence-corrected chi connectivity index (χ3v) is 6.09. The van der Waals surface area contributed by atoms with Gasteiger partial charge in [0.15, 0.2) is 5.75 Å². The van der Waals surface area contributed by atoms with Gasteiger partial charge in [-0.1, -0.05) is 23.8 Å². The summed E-state index contributed by atoms with van der Waals surface area (Å²) in [4.78, 5) is 11.4. The molecule has 0 aliphatic rings. The van der Waals surface area contributed by atoms with E-state index in [9.17, 15) is 4.79 Å². The standard InChI is InChI=1S/C25H20Br2O4/c1-15-4-3-5-17(10-15)23-14-18-13-19(7-8-22(18)31-23)30-25-20(26)11-16(12-21(25)27)6-9-24(28)29-2/h3-5,7-8,10-14H,6,9H2,1-2H3. The van der Waals surface area contributed by atoms with Crippen LogP contribution in [0, 0.1) is 6.92 Å². The lowest BCUT2D eigenvalue weighted by Crippen LogP contribution is -2.02. The van der Waals surface area contributed by atoms with E-state index in [1.807, 2.05) is 48.5 Å². The second-order valence-electron chi connectivity index (χ2n) is 7.25. The molecule has 0 spiro atoms. The Labute approximate surface area is 197 Å². The molecule has 0 bridgehead atoms. The topological polar surface area (TPSA) is 48.7 Å². The van der Waals surface area contributed by atoms with Gasteiger partial charge in [-0.05, 0) is 93.2 Å². The van der Waals surface area contributed by atoms with Crippen molar-refractivity contribution >= 4 is 48.8 Å². The number of furan rings is 1. The number of esters is 1. The number of rotatable bonds is 6. The highest BCUT2D eigenvalue weighted by molar-refractivity contribution is 9.11. The third-order valence-electron chi connectivity index (χ3n) is 4.91. The monoisotopic (exact) mass is 542 g/mol. The van der Waals surface area contributed by atoms with Gasteiger partial charge in [-0.15, -0.1) is 0 Å². The Morgan fingerprint density at radius 2 is 1.77 bits per heavy atom. The zero-order valence-corrected chi connectivity index (χ0v) is 20.2. The second-order valence-corrected chi connectivity index (χ2v) is 8.96. The molecule has 6 heteroatoms. The van der Waals surface area contributed by atoms with Crippen LogP contribution >= 0.6 is 31.9 Å². The van der Waals surface area contributed by atoms with Gasteiger partial charge in [0.05, 0.1) is 16.1 Å². The van der Waals surface area contributed by atoms with E-state index in [1.54, 1.807) is 0 Å². The fourth-order valence-corrected chi connectivity index (χ4v) is 4.79. The first-order chi connectivity index (χ1) is 14.9. The molecule has 0 fully saturated rings. The van der Waals surface area contributed by atoms with Gasteiger partial charge in [0.1, 0.15) is 17.1 Å². The molecule has 1 heterocycles. The van der Waals surface area contributed by atoms with Crippen LogP contribution in [0.15, 0.2) is 74.0 Å². The van der Waals surface area contributed by atoms with Crippen LogP contribution in [0.5, 0.6) is 11.5 Å². The van der Waals surface area contributed by atoms with E-state index in [-0.39, 0.29) is 5.97 Å². The normalized spacial score (nSPS) is 11.0. The fourth-order valence-electron chi connectivity index (χ4n) is 3.35. The number of carbonyl (C=O) groups is 1. The van der Waals surface area contributed by atoms with Crippen molar-refractivity contribution in [1.29, 1.82) is 0 Å². The predicted octanol–water partition coefficient (Wildman–Crippen LogP) is 7.83. The summed E-state index contributed by atoms with van der Waals surface area (Å²) < 4.78 is 18.5. The van der Waals surface area contributed by atoms with Gasteiger partial charge >= 0.3 is 5.97 Å².